The van der Waals surface area contributed by atoms with E-state index in [-0.39, 0.29) is 5.76 Å². The van der Waals surface area contributed by atoms with E-state index < -0.39 is 61.6 Å². The van der Waals surface area contributed by atoms with Gasteiger partial charge in [-0.15, -0.1) is 0 Å². The van der Waals surface area contributed by atoms with E-state index in [4.69, 9.17) is 14.2 Å². The Balaban J connectivity index is 1.28. The second kappa shape index (κ2) is 10.9. The normalized spacial score (nSPS) is 44.6. The van der Waals surface area contributed by atoms with E-state index in [9.17, 15) is 35.7 Å². The molecule has 0 aromatic carbocycles. The highest BCUT2D eigenvalue weighted by Crippen LogP contribution is 2.57. The molecule has 0 amide bonds. The number of hydrogen-bond acceptors (Lipinski definition) is 10. The first-order valence-electron chi connectivity index (χ1n) is 12.4. The molecular weight excluding hydrogens is 452 g/mol. The van der Waals surface area contributed by atoms with Crippen molar-refractivity contribution in [2.24, 2.45) is 5.92 Å². The van der Waals surface area contributed by atoms with Gasteiger partial charge in [-0.3, -0.25) is 0 Å². The minimum absolute atomic E-state index is 0.323. The van der Waals surface area contributed by atoms with Crippen molar-refractivity contribution in [1.82, 2.24) is 0 Å². The Bertz CT molecular complexity index is 696. The van der Waals surface area contributed by atoms with Crippen molar-refractivity contribution in [2.75, 3.05) is 13.2 Å². The van der Waals surface area contributed by atoms with Crippen LogP contribution in [0.25, 0.3) is 0 Å². The summed E-state index contributed by atoms with van der Waals surface area (Å²) < 4.78 is 18.8. The number of hydrogen-bond donors (Lipinski definition) is 7. The van der Waals surface area contributed by atoms with Gasteiger partial charge in [-0.1, -0.05) is 51.4 Å². The van der Waals surface area contributed by atoms with Crippen LogP contribution in [-0.4, -0.2) is 104 Å². The quantitative estimate of drug-likeness (QED) is 0.0981. The third-order valence-electron chi connectivity index (χ3n) is 7.65. The van der Waals surface area contributed by atoms with E-state index in [2.05, 4.69) is 4.37 Å². The first-order valence-corrected chi connectivity index (χ1v) is 12.4. The molecule has 0 bridgehead atoms. The zero-order chi connectivity index (χ0) is 24.5. The van der Waals surface area contributed by atoms with Crippen molar-refractivity contribution >= 4 is 0 Å². The first-order chi connectivity index (χ1) is 16.3. The minimum atomic E-state index is -2.17. The van der Waals surface area contributed by atoms with Crippen LogP contribution in [0.15, 0.2) is 12.0 Å². The van der Waals surface area contributed by atoms with Crippen LogP contribution in [-0.2, 0) is 18.6 Å². The molecule has 4 aliphatic rings. The predicted molar refractivity (Wildman–Crippen MR) is 116 cm³/mol. The Morgan fingerprint density at radius 1 is 1.03 bits per heavy atom. The molecule has 9 atom stereocenters. The maximum atomic E-state index is 10.8. The molecule has 3 saturated heterocycles. The van der Waals surface area contributed by atoms with Crippen LogP contribution in [0, 0.1) is 5.92 Å². The molecule has 11 nitrogen and oxygen atoms in total. The van der Waals surface area contributed by atoms with Crippen molar-refractivity contribution in [2.45, 2.75) is 113 Å². The third-order valence-corrected chi connectivity index (χ3v) is 7.65. The van der Waals surface area contributed by atoms with Crippen molar-refractivity contribution < 1.29 is 54.3 Å². The number of aliphatic hydroxyl groups excluding tert-OH is 6. The van der Waals surface area contributed by atoms with Gasteiger partial charge in [0.25, 0.3) is 0 Å². The maximum absolute atomic E-state index is 10.8. The molecule has 0 aromatic rings. The third kappa shape index (κ3) is 4.82. The van der Waals surface area contributed by atoms with E-state index in [1.54, 1.807) is 0 Å². The summed E-state index contributed by atoms with van der Waals surface area (Å²) >= 11 is 0. The van der Waals surface area contributed by atoms with Crippen LogP contribution in [0.2, 0.25) is 0 Å². The lowest BCUT2D eigenvalue weighted by Gasteiger charge is -2.39. The smallest absolute Gasteiger partial charge is 0.421 e. The standard InChI is InChI=1S/C23H38O11/c24-11-14-16(26)20(29)23(30)22(33-14)34(23)19-15(12-25)32-21(18(28)17(19)27)31-10-6-2-5-9-13-7-3-1-4-8-13/h11,13,15-22,25-30H,1-10,12H2/p+1/b14-11-/t15-,16-,17-,18-,19-,20+,21-,22-,23-/m1/s1. The lowest BCUT2D eigenvalue weighted by molar-refractivity contribution is -0.342. The number of fused-ring (bicyclic) bond motifs is 1. The van der Waals surface area contributed by atoms with E-state index in [0.29, 0.717) is 12.9 Å². The molecule has 1 aliphatic carbocycles. The zero-order valence-corrected chi connectivity index (χ0v) is 19.3. The van der Waals surface area contributed by atoms with Gasteiger partial charge in [-0.05, 0) is 12.3 Å². The highest BCUT2D eigenvalue weighted by Gasteiger charge is 2.88. The van der Waals surface area contributed by atoms with Gasteiger partial charge in [0.1, 0.15) is 12.4 Å². The Morgan fingerprint density at radius 2 is 1.76 bits per heavy atom. The zero-order valence-electron chi connectivity index (χ0n) is 19.3. The number of aliphatic hydroxyl groups is 7. The van der Waals surface area contributed by atoms with Crippen molar-refractivity contribution in [3.63, 3.8) is 0 Å². The highest BCUT2D eigenvalue weighted by molar-refractivity contribution is 5.18. The van der Waals surface area contributed by atoms with E-state index in [0.717, 1.165) is 25.2 Å². The summed E-state index contributed by atoms with van der Waals surface area (Å²) in [5.41, 5.74) is 0. The topological polar surface area (TPSA) is 172 Å². The number of ether oxygens (including phenoxy) is 3. The van der Waals surface area contributed by atoms with Gasteiger partial charge in [0, 0.05) is 6.61 Å². The molecule has 34 heavy (non-hydrogen) atoms. The van der Waals surface area contributed by atoms with Gasteiger partial charge >= 0.3 is 12.1 Å². The average Bonchev–Trinajstić information content (AvgIpc) is 3.45. The van der Waals surface area contributed by atoms with Crippen LogP contribution >= 0.6 is 0 Å². The summed E-state index contributed by atoms with van der Waals surface area (Å²) in [6.45, 7) is -0.257. The summed E-state index contributed by atoms with van der Waals surface area (Å²) in [6.07, 6.45) is -0.128. The number of unbranched alkanes of at least 4 members (excludes halogenated alkanes) is 2. The molecule has 7 N–H and O–H groups in total. The van der Waals surface area contributed by atoms with E-state index in [1.165, 1.54) is 38.5 Å². The largest absolute Gasteiger partial charge is 0.512 e. The van der Waals surface area contributed by atoms with E-state index in [1.807, 2.05) is 0 Å². The second-order valence-electron chi connectivity index (χ2n) is 9.89. The Kier molecular flexibility index (Phi) is 8.38. The molecule has 4 rings (SSSR count). The fraction of sp³-hybridized carbons (Fsp3) is 0.913. The van der Waals surface area contributed by atoms with Crippen LogP contribution in [0.3, 0.4) is 0 Å². The summed E-state index contributed by atoms with van der Waals surface area (Å²) in [5, 5.41) is 71.6. The number of rotatable bonds is 9. The molecule has 0 radical (unpaired) electrons. The van der Waals surface area contributed by atoms with Crippen LogP contribution < -0.4 is 0 Å². The first kappa shape index (κ1) is 26.1. The number of epoxide rings is 1. The van der Waals surface area contributed by atoms with Crippen LogP contribution in [0.1, 0.15) is 57.8 Å². The van der Waals surface area contributed by atoms with Crippen molar-refractivity contribution in [3.8, 4) is 0 Å². The molecule has 0 unspecified atom stereocenters. The summed E-state index contributed by atoms with van der Waals surface area (Å²) in [5.74, 6) is -1.70. The van der Waals surface area contributed by atoms with Gasteiger partial charge in [0.2, 0.25) is 12.2 Å². The predicted octanol–water partition coefficient (Wildman–Crippen LogP) is -0.317. The second-order valence-corrected chi connectivity index (χ2v) is 9.89. The monoisotopic (exact) mass is 491 g/mol. The Labute approximate surface area is 198 Å². The molecule has 196 valence electrons. The molecule has 1 saturated carbocycles. The van der Waals surface area contributed by atoms with Crippen molar-refractivity contribution in [3.05, 3.63) is 12.0 Å². The molecule has 0 aromatic heterocycles. The van der Waals surface area contributed by atoms with Gasteiger partial charge in [0.05, 0.1) is 6.61 Å². The lowest BCUT2D eigenvalue weighted by atomic mass is 9.86. The summed E-state index contributed by atoms with van der Waals surface area (Å²) in [4.78, 5) is 0. The molecule has 3 heterocycles. The molecule has 0 spiro atoms. The lowest BCUT2D eigenvalue weighted by Crippen LogP contribution is -2.61. The van der Waals surface area contributed by atoms with Crippen molar-refractivity contribution in [1.29, 1.82) is 0 Å². The molecule has 3 aliphatic heterocycles. The summed E-state index contributed by atoms with van der Waals surface area (Å²) in [7, 11) is 0. The van der Waals surface area contributed by atoms with Gasteiger partial charge in [-0.2, -0.15) is 0 Å². The van der Waals surface area contributed by atoms with Crippen LogP contribution in [0.5, 0.6) is 0 Å². The van der Waals surface area contributed by atoms with Gasteiger partial charge in [-0.25, -0.2) is 0 Å². The highest BCUT2D eigenvalue weighted by atomic mass is 17.0. The molecular formula is C23H39O11+. The Morgan fingerprint density at radius 3 is 2.44 bits per heavy atom. The Hall–Kier alpha value is -1.02. The average molecular weight is 492 g/mol. The fourth-order valence-electron chi connectivity index (χ4n) is 5.61. The fourth-order valence-corrected chi connectivity index (χ4v) is 5.61. The summed E-state index contributed by atoms with van der Waals surface area (Å²) in [6, 6.07) is 0. The SMILES string of the molecule is O/C=C1\O[C@@H]2[O+]([C@H]3[C@H](O)[C@@H](O)[C@H](OCCCCCC4CCCCC4)O[C@@H]3CO)[C@]2(O)[C@@H](O)[C@@H]1O. The maximum Gasteiger partial charge on any atom is 0.421 e. The van der Waals surface area contributed by atoms with Crippen LogP contribution in [0.4, 0.5) is 0 Å². The van der Waals surface area contributed by atoms with Gasteiger partial charge < -0.3 is 54.3 Å². The van der Waals surface area contributed by atoms with Gasteiger partial charge in [0.15, 0.2) is 30.4 Å². The van der Waals surface area contributed by atoms with E-state index >= 15 is 0 Å². The molecule has 4 fully saturated rings. The minimum Gasteiger partial charge on any atom is -0.512 e. The molecule has 11 heteroatoms.